The van der Waals surface area contributed by atoms with Crippen LogP contribution in [0.2, 0.25) is 4.34 Å². The first-order valence-electron chi connectivity index (χ1n) is 6.65. The van der Waals surface area contributed by atoms with Crippen LogP contribution >= 0.6 is 22.9 Å². The standard InChI is InChI=1S/C15H16ClNO2S/c16-14-5-4-12(20-14)6-7-17-10-11-2-1-3-13-15(11)19-9-8-18-13/h1-5,17H,6-10H2. The van der Waals surface area contributed by atoms with Crippen molar-refractivity contribution in [1.29, 1.82) is 0 Å². The van der Waals surface area contributed by atoms with Gasteiger partial charge in [-0.05, 0) is 24.6 Å². The van der Waals surface area contributed by atoms with Crippen molar-refractivity contribution in [3.63, 3.8) is 0 Å². The number of hydrogen-bond donors (Lipinski definition) is 1. The Hall–Kier alpha value is -1.23. The fourth-order valence-corrected chi connectivity index (χ4v) is 3.28. The summed E-state index contributed by atoms with van der Waals surface area (Å²) in [5, 5.41) is 3.44. The topological polar surface area (TPSA) is 30.5 Å². The minimum absolute atomic E-state index is 0.623. The third kappa shape index (κ3) is 3.26. The summed E-state index contributed by atoms with van der Waals surface area (Å²) in [7, 11) is 0. The number of hydrogen-bond acceptors (Lipinski definition) is 4. The second-order valence-corrected chi connectivity index (χ2v) is 6.37. The summed E-state index contributed by atoms with van der Waals surface area (Å²) < 4.78 is 12.1. The van der Waals surface area contributed by atoms with Crippen LogP contribution in [0, 0.1) is 0 Å². The Kier molecular flexibility index (Phi) is 4.45. The number of benzene rings is 1. The van der Waals surface area contributed by atoms with Gasteiger partial charge < -0.3 is 14.8 Å². The maximum Gasteiger partial charge on any atom is 0.165 e. The largest absolute Gasteiger partial charge is 0.486 e. The average Bonchev–Trinajstić information content (AvgIpc) is 2.89. The lowest BCUT2D eigenvalue weighted by Crippen LogP contribution is -2.20. The first-order valence-corrected chi connectivity index (χ1v) is 7.85. The molecule has 5 heteroatoms. The van der Waals surface area contributed by atoms with Crippen molar-refractivity contribution in [1.82, 2.24) is 5.32 Å². The van der Waals surface area contributed by atoms with Gasteiger partial charge in [0.05, 0.1) is 4.34 Å². The van der Waals surface area contributed by atoms with Crippen LogP contribution in [0.5, 0.6) is 11.5 Å². The molecule has 106 valence electrons. The molecule has 0 radical (unpaired) electrons. The third-order valence-corrected chi connectivity index (χ3v) is 4.43. The van der Waals surface area contributed by atoms with E-state index in [2.05, 4.69) is 17.4 Å². The number of nitrogens with one attached hydrogen (secondary N) is 1. The molecule has 2 heterocycles. The number of rotatable bonds is 5. The van der Waals surface area contributed by atoms with E-state index in [0.717, 1.165) is 40.9 Å². The molecule has 1 aliphatic rings. The molecule has 0 amide bonds. The molecular formula is C15H16ClNO2S. The zero-order valence-electron chi connectivity index (χ0n) is 11.0. The Morgan fingerprint density at radius 3 is 2.90 bits per heavy atom. The molecule has 0 aliphatic carbocycles. The normalized spacial score (nSPS) is 13.4. The zero-order chi connectivity index (χ0) is 13.8. The van der Waals surface area contributed by atoms with Gasteiger partial charge in [0, 0.05) is 23.5 Å². The molecule has 1 N–H and O–H groups in total. The molecule has 3 rings (SSSR count). The molecule has 0 fully saturated rings. The van der Waals surface area contributed by atoms with E-state index < -0.39 is 0 Å². The van der Waals surface area contributed by atoms with Gasteiger partial charge in [-0.25, -0.2) is 0 Å². The molecule has 0 saturated carbocycles. The minimum atomic E-state index is 0.623. The third-order valence-electron chi connectivity index (χ3n) is 3.14. The van der Waals surface area contributed by atoms with E-state index in [1.54, 1.807) is 11.3 Å². The van der Waals surface area contributed by atoms with E-state index in [0.29, 0.717) is 13.2 Å². The molecule has 0 bridgehead atoms. The smallest absolute Gasteiger partial charge is 0.165 e. The Morgan fingerprint density at radius 2 is 2.05 bits per heavy atom. The summed E-state index contributed by atoms with van der Waals surface area (Å²) in [5.41, 5.74) is 1.14. The second-order valence-electron chi connectivity index (χ2n) is 4.57. The molecule has 2 aromatic rings. The van der Waals surface area contributed by atoms with Crippen LogP contribution in [0.3, 0.4) is 0 Å². The van der Waals surface area contributed by atoms with E-state index in [1.807, 2.05) is 18.2 Å². The van der Waals surface area contributed by atoms with Gasteiger partial charge in [0.1, 0.15) is 13.2 Å². The van der Waals surface area contributed by atoms with Gasteiger partial charge in [0.15, 0.2) is 11.5 Å². The van der Waals surface area contributed by atoms with Gasteiger partial charge in [-0.3, -0.25) is 0 Å². The van der Waals surface area contributed by atoms with Gasteiger partial charge >= 0.3 is 0 Å². The maximum absolute atomic E-state index is 5.92. The van der Waals surface area contributed by atoms with Gasteiger partial charge in [-0.2, -0.15) is 0 Å². The number of ether oxygens (including phenoxy) is 2. The molecule has 20 heavy (non-hydrogen) atoms. The predicted octanol–water partition coefficient (Wildman–Crippen LogP) is 3.51. The lowest BCUT2D eigenvalue weighted by Gasteiger charge is -2.21. The average molecular weight is 310 g/mol. The maximum atomic E-state index is 5.92. The van der Waals surface area contributed by atoms with Crippen LogP contribution in [0.1, 0.15) is 10.4 Å². The molecular weight excluding hydrogens is 294 g/mol. The molecule has 0 spiro atoms. The monoisotopic (exact) mass is 309 g/mol. The molecule has 1 aromatic carbocycles. The lowest BCUT2D eigenvalue weighted by molar-refractivity contribution is 0.169. The van der Waals surface area contributed by atoms with E-state index in [4.69, 9.17) is 21.1 Å². The number of fused-ring (bicyclic) bond motifs is 1. The summed E-state index contributed by atoms with van der Waals surface area (Å²) in [5.74, 6) is 1.73. The van der Waals surface area contributed by atoms with Crippen molar-refractivity contribution < 1.29 is 9.47 Å². The number of para-hydroxylation sites is 1. The van der Waals surface area contributed by atoms with Crippen molar-refractivity contribution in [2.45, 2.75) is 13.0 Å². The summed E-state index contributed by atoms with van der Waals surface area (Å²) in [6, 6.07) is 10.0. The van der Waals surface area contributed by atoms with E-state index in [1.165, 1.54) is 4.88 Å². The number of thiophene rings is 1. The first kappa shape index (κ1) is 13.7. The molecule has 0 unspecified atom stereocenters. The highest BCUT2D eigenvalue weighted by atomic mass is 35.5. The Bertz CT molecular complexity index is 585. The Balaban J connectivity index is 1.53. The molecule has 0 atom stereocenters. The van der Waals surface area contributed by atoms with Crippen molar-refractivity contribution in [2.24, 2.45) is 0 Å². The highest BCUT2D eigenvalue weighted by Gasteiger charge is 2.14. The summed E-state index contributed by atoms with van der Waals surface area (Å²) in [6.07, 6.45) is 0.990. The highest BCUT2D eigenvalue weighted by Crippen LogP contribution is 2.33. The summed E-state index contributed by atoms with van der Waals surface area (Å²) in [6.45, 7) is 2.95. The molecule has 0 saturated heterocycles. The fraction of sp³-hybridized carbons (Fsp3) is 0.333. The van der Waals surface area contributed by atoms with Crippen molar-refractivity contribution >= 4 is 22.9 Å². The minimum Gasteiger partial charge on any atom is -0.486 e. The summed E-state index contributed by atoms with van der Waals surface area (Å²) >= 11 is 7.55. The van der Waals surface area contributed by atoms with E-state index in [-0.39, 0.29) is 0 Å². The van der Waals surface area contributed by atoms with Gasteiger partial charge in [0.2, 0.25) is 0 Å². The van der Waals surface area contributed by atoms with Crippen LogP contribution in [0.4, 0.5) is 0 Å². The Morgan fingerprint density at radius 1 is 1.15 bits per heavy atom. The fourth-order valence-electron chi connectivity index (χ4n) is 2.19. The van der Waals surface area contributed by atoms with Crippen molar-refractivity contribution in [2.75, 3.05) is 19.8 Å². The van der Waals surface area contributed by atoms with E-state index >= 15 is 0 Å². The van der Waals surface area contributed by atoms with Crippen LogP contribution in [-0.2, 0) is 13.0 Å². The Labute approximate surface area is 127 Å². The highest BCUT2D eigenvalue weighted by molar-refractivity contribution is 7.16. The quantitative estimate of drug-likeness (QED) is 0.857. The van der Waals surface area contributed by atoms with Crippen LogP contribution in [0.15, 0.2) is 30.3 Å². The lowest BCUT2D eigenvalue weighted by atomic mass is 10.1. The zero-order valence-corrected chi connectivity index (χ0v) is 12.6. The van der Waals surface area contributed by atoms with Crippen molar-refractivity contribution in [3.8, 4) is 11.5 Å². The number of halogens is 1. The van der Waals surface area contributed by atoms with E-state index in [9.17, 15) is 0 Å². The second kappa shape index (κ2) is 6.48. The van der Waals surface area contributed by atoms with Crippen LogP contribution in [0.25, 0.3) is 0 Å². The molecule has 1 aromatic heterocycles. The van der Waals surface area contributed by atoms with Crippen LogP contribution < -0.4 is 14.8 Å². The van der Waals surface area contributed by atoms with Crippen molar-refractivity contribution in [3.05, 3.63) is 45.1 Å². The van der Waals surface area contributed by atoms with Crippen LogP contribution in [-0.4, -0.2) is 19.8 Å². The molecule has 1 aliphatic heterocycles. The van der Waals surface area contributed by atoms with Gasteiger partial charge in [-0.15, -0.1) is 11.3 Å². The SMILES string of the molecule is Clc1ccc(CCNCc2cccc3c2OCCO3)s1. The summed E-state index contributed by atoms with van der Waals surface area (Å²) in [4.78, 5) is 1.30. The predicted molar refractivity (Wildman–Crippen MR) is 82.2 cm³/mol. The molecule has 3 nitrogen and oxygen atoms in total. The van der Waals surface area contributed by atoms with Gasteiger partial charge in [-0.1, -0.05) is 23.7 Å². The van der Waals surface area contributed by atoms with Gasteiger partial charge in [0.25, 0.3) is 0 Å². The first-order chi connectivity index (χ1) is 9.83.